The Morgan fingerprint density at radius 2 is 1.95 bits per heavy atom. The summed E-state index contributed by atoms with van der Waals surface area (Å²) in [4.78, 5) is 38.9. The van der Waals surface area contributed by atoms with Crippen LogP contribution in [0.5, 0.6) is 0 Å². The summed E-state index contributed by atoms with van der Waals surface area (Å²) in [6.45, 7) is 8.59. The van der Waals surface area contributed by atoms with Crippen LogP contribution in [0.15, 0.2) is 0 Å². The van der Waals surface area contributed by atoms with Crippen LogP contribution >= 0.6 is 12.4 Å². The highest BCUT2D eigenvalue weighted by molar-refractivity contribution is 6.07. The molecular weight excluding hydrogens is 296 g/mol. The van der Waals surface area contributed by atoms with E-state index in [2.05, 4.69) is 10.6 Å². The summed E-state index contributed by atoms with van der Waals surface area (Å²) in [5.41, 5.74) is -0.977. The second-order valence-corrected chi connectivity index (χ2v) is 5.97. The quantitative estimate of drug-likeness (QED) is 0.699. The third kappa shape index (κ3) is 3.13. The van der Waals surface area contributed by atoms with Crippen molar-refractivity contribution in [2.45, 2.75) is 45.3 Å². The second kappa shape index (κ2) is 6.19. The van der Waals surface area contributed by atoms with E-state index < -0.39 is 11.6 Å². The number of carbonyl (C=O) groups is 3. The minimum absolute atomic E-state index is 0. The van der Waals surface area contributed by atoms with Crippen molar-refractivity contribution < 1.29 is 14.4 Å². The molecule has 2 fully saturated rings. The fourth-order valence-corrected chi connectivity index (χ4v) is 2.60. The monoisotopic (exact) mass is 318 g/mol. The van der Waals surface area contributed by atoms with Crippen LogP contribution in [-0.2, 0) is 9.59 Å². The van der Waals surface area contributed by atoms with E-state index in [1.807, 2.05) is 13.8 Å². The number of urea groups is 1. The number of imide groups is 1. The SMILES string of the molecule is CC1NCCN(C(=O)CN2C(=O)NC(=O)C2(C)C)C1C.Cl. The molecular formula is C13H23ClN4O3. The van der Waals surface area contributed by atoms with Gasteiger partial charge >= 0.3 is 6.03 Å². The van der Waals surface area contributed by atoms with Gasteiger partial charge < -0.3 is 15.1 Å². The van der Waals surface area contributed by atoms with Crippen LogP contribution in [-0.4, -0.2) is 64.9 Å². The molecule has 0 spiro atoms. The number of halogens is 1. The second-order valence-electron chi connectivity index (χ2n) is 5.97. The molecule has 0 aliphatic carbocycles. The molecule has 2 heterocycles. The Hall–Kier alpha value is -1.34. The highest BCUT2D eigenvalue weighted by Gasteiger charge is 2.47. The van der Waals surface area contributed by atoms with E-state index in [1.54, 1.807) is 18.7 Å². The Morgan fingerprint density at radius 3 is 2.48 bits per heavy atom. The third-order valence-corrected chi connectivity index (χ3v) is 4.34. The Kier molecular flexibility index (Phi) is 5.22. The summed E-state index contributed by atoms with van der Waals surface area (Å²) in [6.07, 6.45) is 0. The molecule has 0 aromatic heterocycles. The van der Waals surface area contributed by atoms with Crippen LogP contribution in [0.3, 0.4) is 0 Å². The lowest BCUT2D eigenvalue weighted by atomic mass is 10.0. The number of hydrogen-bond acceptors (Lipinski definition) is 4. The summed E-state index contributed by atoms with van der Waals surface area (Å²) < 4.78 is 0. The van der Waals surface area contributed by atoms with E-state index >= 15 is 0 Å². The molecule has 7 nitrogen and oxygen atoms in total. The van der Waals surface area contributed by atoms with Gasteiger partial charge in [0, 0.05) is 25.2 Å². The van der Waals surface area contributed by atoms with Crippen molar-refractivity contribution in [3.05, 3.63) is 0 Å². The molecule has 120 valence electrons. The summed E-state index contributed by atoms with van der Waals surface area (Å²) in [6, 6.07) is -0.209. The lowest BCUT2D eigenvalue weighted by molar-refractivity contribution is -0.137. The predicted molar refractivity (Wildman–Crippen MR) is 80.2 cm³/mol. The molecule has 2 aliphatic heterocycles. The Labute approximate surface area is 130 Å². The Balaban J connectivity index is 0.00000220. The van der Waals surface area contributed by atoms with Crippen molar-refractivity contribution in [2.75, 3.05) is 19.6 Å². The smallest absolute Gasteiger partial charge is 0.325 e. The van der Waals surface area contributed by atoms with E-state index in [-0.39, 0.29) is 42.8 Å². The average molecular weight is 319 g/mol. The number of hydrogen-bond donors (Lipinski definition) is 2. The van der Waals surface area contributed by atoms with Gasteiger partial charge in [-0.2, -0.15) is 0 Å². The lowest BCUT2D eigenvalue weighted by Crippen LogP contribution is -2.59. The fourth-order valence-electron chi connectivity index (χ4n) is 2.60. The fraction of sp³-hybridized carbons (Fsp3) is 0.769. The molecule has 2 atom stereocenters. The number of amides is 4. The van der Waals surface area contributed by atoms with Crippen molar-refractivity contribution >= 4 is 30.3 Å². The number of piperazine rings is 1. The normalized spacial score (nSPS) is 28.2. The van der Waals surface area contributed by atoms with E-state index in [0.717, 1.165) is 6.54 Å². The first-order valence-corrected chi connectivity index (χ1v) is 6.91. The van der Waals surface area contributed by atoms with Gasteiger partial charge in [0.1, 0.15) is 12.1 Å². The maximum Gasteiger partial charge on any atom is 0.325 e. The van der Waals surface area contributed by atoms with Gasteiger partial charge in [-0.25, -0.2) is 4.79 Å². The van der Waals surface area contributed by atoms with E-state index in [0.29, 0.717) is 6.54 Å². The minimum atomic E-state index is -0.977. The average Bonchev–Trinajstić information content (AvgIpc) is 2.55. The summed E-state index contributed by atoms with van der Waals surface area (Å²) in [5, 5.41) is 5.55. The molecule has 0 bridgehead atoms. The molecule has 4 amide bonds. The maximum atomic E-state index is 12.4. The topological polar surface area (TPSA) is 81.8 Å². The summed E-state index contributed by atoms with van der Waals surface area (Å²) in [5.74, 6) is -0.485. The Morgan fingerprint density at radius 1 is 1.33 bits per heavy atom. The van der Waals surface area contributed by atoms with Crippen molar-refractivity contribution in [3.63, 3.8) is 0 Å². The molecule has 0 saturated carbocycles. The number of nitrogens with zero attached hydrogens (tertiary/aromatic N) is 2. The molecule has 8 heteroatoms. The molecule has 2 saturated heterocycles. The number of nitrogens with one attached hydrogen (secondary N) is 2. The predicted octanol–water partition coefficient (Wildman–Crippen LogP) is -0.0526. The van der Waals surface area contributed by atoms with Gasteiger partial charge in [0.15, 0.2) is 0 Å². The van der Waals surface area contributed by atoms with Gasteiger partial charge in [-0.15, -0.1) is 12.4 Å². The van der Waals surface area contributed by atoms with Gasteiger partial charge in [0.2, 0.25) is 5.91 Å². The van der Waals surface area contributed by atoms with Gasteiger partial charge in [-0.1, -0.05) is 0 Å². The Bertz CT molecular complexity index is 455. The van der Waals surface area contributed by atoms with Crippen molar-refractivity contribution in [1.82, 2.24) is 20.4 Å². The van der Waals surface area contributed by atoms with Crippen molar-refractivity contribution in [3.8, 4) is 0 Å². The number of rotatable bonds is 2. The molecule has 0 aromatic rings. The van der Waals surface area contributed by atoms with Crippen LogP contribution in [0.2, 0.25) is 0 Å². The zero-order valence-corrected chi connectivity index (χ0v) is 13.6. The van der Waals surface area contributed by atoms with Gasteiger partial charge in [0.25, 0.3) is 5.91 Å². The van der Waals surface area contributed by atoms with Crippen LogP contribution < -0.4 is 10.6 Å². The molecule has 0 aromatic carbocycles. The van der Waals surface area contributed by atoms with Crippen LogP contribution in [0, 0.1) is 0 Å². The zero-order valence-electron chi connectivity index (χ0n) is 12.8. The van der Waals surface area contributed by atoms with Crippen molar-refractivity contribution in [2.24, 2.45) is 0 Å². The minimum Gasteiger partial charge on any atom is -0.336 e. The molecule has 2 aliphatic rings. The summed E-state index contributed by atoms with van der Waals surface area (Å²) in [7, 11) is 0. The zero-order chi connectivity index (χ0) is 15.1. The van der Waals surface area contributed by atoms with Gasteiger partial charge in [-0.05, 0) is 27.7 Å². The standard InChI is InChI=1S/C13H22N4O3.ClH/c1-8-9(2)16(6-5-14-8)10(18)7-17-12(20)15-11(19)13(17,3)4;/h8-9,14H,5-7H2,1-4H3,(H,15,19,20);1H. The maximum absolute atomic E-state index is 12.4. The molecule has 21 heavy (non-hydrogen) atoms. The van der Waals surface area contributed by atoms with Crippen LogP contribution in [0.4, 0.5) is 4.79 Å². The highest BCUT2D eigenvalue weighted by Crippen LogP contribution is 2.21. The van der Waals surface area contributed by atoms with E-state index in [9.17, 15) is 14.4 Å². The van der Waals surface area contributed by atoms with Gasteiger partial charge in [0.05, 0.1) is 0 Å². The molecule has 2 rings (SSSR count). The lowest BCUT2D eigenvalue weighted by Gasteiger charge is -2.40. The molecule has 2 unspecified atom stereocenters. The first-order valence-electron chi connectivity index (χ1n) is 6.91. The highest BCUT2D eigenvalue weighted by atomic mass is 35.5. The largest absolute Gasteiger partial charge is 0.336 e. The summed E-state index contributed by atoms with van der Waals surface area (Å²) >= 11 is 0. The van der Waals surface area contributed by atoms with E-state index in [4.69, 9.17) is 0 Å². The van der Waals surface area contributed by atoms with Crippen LogP contribution in [0.1, 0.15) is 27.7 Å². The van der Waals surface area contributed by atoms with Gasteiger partial charge in [-0.3, -0.25) is 14.9 Å². The van der Waals surface area contributed by atoms with Crippen LogP contribution in [0.25, 0.3) is 0 Å². The van der Waals surface area contributed by atoms with E-state index in [1.165, 1.54) is 4.90 Å². The first kappa shape index (κ1) is 17.7. The number of carbonyl (C=O) groups excluding carboxylic acids is 3. The van der Waals surface area contributed by atoms with Crippen molar-refractivity contribution in [1.29, 1.82) is 0 Å². The first-order chi connectivity index (χ1) is 9.25. The molecule has 0 radical (unpaired) electrons. The third-order valence-electron chi connectivity index (χ3n) is 4.34. The molecule has 2 N–H and O–H groups in total.